The summed E-state index contributed by atoms with van der Waals surface area (Å²) in [5, 5.41) is 12.5. The first-order valence-corrected chi connectivity index (χ1v) is 10.8. The van der Waals surface area contributed by atoms with Crippen molar-refractivity contribution in [2.45, 2.75) is 19.8 Å². The minimum Gasteiger partial charge on any atom is -0.396 e. The summed E-state index contributed by atoms with van der Waals surface area (Å²) in [5.74, 6) is 0.615. The zero-order valence-electron chi connectivity index (χ0n) is 17.8. The fourth-order valence-corrected chi connectivity index (χ4v) is 4.13. The zero-order chi connectivity index (χ0) is 21.8. The molecule has 3 heterocycles. The monoisotopic (exact) mass is 428 g/mol. The molecule has 2 saturated heterocycles. The van der Waals surface area contributed by atoms with Crippen molar-refractivity contribution in [2.75, 3.05) is 61.0 Å². The maximum Gasteiger partial charge on any atom is 0.229 e. The molecule has 0 saturated carbocycles. The molecule has 9 heteroatoms. The molecular formula is C22H29FN6O2. The van der Waals surface area contributed by atoms with Gasteiger partial charge in [-0.05, 0) is 43.0 Å². The summed E-state index contributed by atoms with van der Waals surface area (Å²) in [4.78, 5) is 26.0. The molecule has 4 rings (SSSR count). The van der Waals surface area contributed by atoms with Gasteiger partial charge in [0.2, 0.25) is 11.9 Å². The number of amides is 1. The first kappa shape index (κ1) is 21.3. The van der Waals surface area contributed by atoms with Gasteiger partial charge in [-0.15, -0.1) is 0 Å². The van der Waals surface area contributed by atoms with Crippen LogP contribution in [0, 0.1) is 11.7 Å². The summed E-state index contributed by atoms with van der Waals surface area (Å²) in [6.45, 7) is 6.21. The van der Waals surface area contributed by atoms with Gasteiger partial charge in [-0.2, -0.15) is 4.98 Å². The Kier molecular flexibility index (Phi) is 6.50. The van der Waals surface area contributed by atoms with Crippen molar-refractivity contribution in [1.82, 2.24) is 14.9 Å². The van der Waals surface area contributed by atoms with Crippen LogP contribution >= 0.6 is 0 Å². The van der Waals surface area contributed by atoms with E-state index < -0.39 is 5.82 Å². The molecule has 1 aromatic heterocycles. The van der Waals surface area contributed by atoms with Crippen LogP contribution in [0.5, 0.6) is 0 Å². The minimum atomic E-state index is -0.437. The average Bonchev–Trinajstić information content (AvgIpc) is 2.81. The lowest BCUT2D eigenvalue weighted by molar-refractivity contribution is -0.129. The number of hydrogen-bond acceptors (Lipinski definition) is 7. The van der Waals surface area contributed by atoms with Crippen molar-refractivity contribution in [2.24, 2.45) is 5.92 Å². The van der Waals surface area contributed by atoms with Crippen molar-refractivity contribution in [3.63, 3.8) is 0 Å². The van der Waals surface area contributed by atoms with E-state index >= 15 is 0 Å². The van der Waals surface area contributed by atoms with Crippen LogP contribution in [-0.2, 0) is 4.79 Å². The van der Waals surface area contributed by atoms with Crippen LogP contribution in [0.3, 0.4) is 0 Å². The maximum absolute atomic E-state index is 14.3. The molecule has 1 amide bonds. The number of aliphatic hydroxyl groups excluding tert-OH is 1. The summed E-state index contributed by atoms with van der Waals surface area (Å²) >= 11 is 0. The van der Waals surface area contributed by atoms with Gasteiger partial charge in [0, 0.05) is 64.2 Å². The molecule has 0 unspecified atom stereocenters. The number of nitrogens with one attached hydrogen (secondary N) is 1. The highest BCUT2D eigenvalue weighted by molar-refractivity contribution is 5.73. The fraction of sp³-hybridized carbons (Fsp3) is 0.500. The Bertz CT molecular complexity index is 893. The third kappa shape index (κ3) is 5.04. The molecule has 8 nitrogen and oxygen atoms in total. The Labute approximate surface area is 181 Å². The van der Waals surface area contributed by atoms with Crippen molar-refractivity contribution >= 4 is 29.0 Å². The highest BCUT2D eigenvalue weighted by atomic mass is 19.1. The second kappa shape index (κ2) is 9.47. The molecule has 166 valence electrons. The lowest BCUT2D eigenvalue weighted by Crippen LogP contribution is -2.48. The molecule has 2 N–H and O–H groups in total. The number of carbonyl (C=O) groups is 1. The molecule has 0 aliphatic carbocycles. The number of hydrogen-bond donors (Lipinski definition) is 2. The SMILES string of the molecule is CC(=O)N1CCN(c2ccc(Nc3ncc(F)c(N4CCC(CO)CC4)n3)cc2)CC1. The maximum atomic E-state index is 14.3. The fourth-order valence-electron chi connectivity index (χ4n) is 4.13. The van der Waals surface area contributed by atoms with Crippen LogP contribution in [0.15, 0.2) is 30.5 Å². The van der Waals surface area contributed by atoms with E-state index in [-0.39, 0.29) is 18.4 Å². The van der Waals surface area contributed by atoms with Gasteiger partial charge in [0.25, 0.3) is 0 Å². The molecular weight excluding hydrogens is 399 g/mol. The van der Waals surface area contributed by atoms with Gasteiger partial charge in [0.1, 0.15) is 0 Å². The number of aliphatic hydroxyl groups is 1. The molecule has 0 atom stereocenters. The number of piperazine rings is 1. The Hall–Kier alpha value is -2.94. The van der Waals surface area contributed by atoms with E-state index in [1.54, 1.807) is 6.92 Å². The van der Waals surface area contributed by atoms with Crippen molar-refractivity contribution in [1.29, 1.82) is 0 Å². The van der Waals surface area contributed by atoms with Gasteiger partial charge in [0.05, 0.1) is 6.20 Å². The molecule has 31 heavy (non-hydrogen) atoms. The lowest BCUT2D eigenvalue weighted by Gasteiger charge is -2.35. The first-order valence-electron chi connectivity index (χ1n) is 10.8. The number of carbonyl (C=O) groups excluding carboxylic acids is 1. The van der Waals surface area contributed by atoms with E-state index in [1.807, 2.05) is 34.1 Å². The van der Waals surface area contributed by atoms with Crippen molar-refractivity contribution in [3.8, 4) is 0 Å². The molecule has 0 bridgehead atoms. The Morgan fingerprint density at radius 3 is 2.39 bits per heavy atom. The van der Waals surface area contributed by atoms with E-state index in [1.165, 1.54) is 6.20 Å². The van der Waals surface area contributed by atoms with Crippen molar-refractivity contribution < 1.29 is 14.3 Å². The van der Waals surface area contributed by atoms with Gasteiger partial charge < -0.3 is 25.1 Å². The highest BCUT2D eigenvalue weighted by Crippen LogP contribution is 2.26. The lowest BCUT2D eigenvalue weighted by atomic mass is 9.98. The second-order valence-electron chi connectivity index (χ2n) is 8.14. The number of anilines is 4. The quantitative estimate of drug-likeness (QED) is 0.756. The minimum absolute atomic E-state index is 0.121. The standard InChI is InChI=1S/C22H29FN6O2/c1-16(31)27-10-12-28(13-11-27)19-4-2-18(3-5-19)25-22-24-14-20(23)21(26-22)29-8-6-17(15-30)7-9-29/h2-5,14,17,30H,6-13,15H2,1H3,(H,24,25,26). The second-order valence-corrected chi connectivity index (χ2v) is 8.14. The summed E-state index contributed by atoms with van der Waals surface area (Å²) in [6, 6.07) is 7.95. The van der Waals surface area contributed by atoms with Crippen LogP contribution in [0.4, 0.5) is 27.5 Å². The highest BCUT2D eigenvalue weighted by Gasteiger charge is 2.23. The van der Waals surface area contributed by atoms with E-state index in [2.05, 4.69) is 20.2 Å². The van der Waals surface area contributed by atoms with E-state index in [0.29, 0.717) is 24.9 Å². The topological polar surface area (TPSA) is 84.8 Å². The Morgan fingerprint density at radius 2 is 1.77 bits per heavy atom. The number of aromatic nitrogens is 2. The largest absolute Gasteiger partial charge is 0.396 e. The van der Waals surface area contributed by atoms with Gasteiger partial charge in [0.15, 0.2) is 11.6 Å². The zero-order valence-corrected chi connectivity index (χ0v) is 17.8. The van der Waals surface area contributed by atoms with Crippen LogP contribution in [0.25, 0.3) is 0 Å². The van der Waals surface area contributed by atoms with Crippen LogP contribution in [-0.4, -0.2) is 71.8 Å². The molecule has 0 radical (unpaired) electrons. The predicted octanol–water partition coefficient (Wildman–Crippen LogP) is 2.24. The molecule has 0 spiro atoms. The van der Waals surface area contributed by atoms with Crippen LogP contribution in [0.2, 0.25) is 0 Å². The van der Waals surface area contributed by atoms with Crippen molar-refractivity contribution in [3.05, 3.63) is 36.3 Å². The molecule has 2 aliphatic heterocycles. The average molecular weight is 429 g/mol. The Morgan fingerprint density at radius 1 is 1.10 bits per heavy atom. The van der Waals surface area contributed by atoms with E-state index in [9.17, 15) is 14.3 Å². The predicted molar refractivity (Wildman–Crippen MR) is 118 cm³/mol. The summed E-state index contributed by atoms with van der Waals surface area (Å²) in [7, 11) is 0. The summed E-state index contributed by atoms with van der Waals surface area (Å²) in [6.07, 6.45) is 2.85. The molecule has 2 fully saturated rings. The normalized spacial score (nSPS) is 17.7. The van der Waals surface area contributed by atoms with Gasteiger partial charge in [-0.25, -0.2) is 9.37 Å². The van der Waals surface area contributed by atoms with Gasteiger partial charge in [-0.3, -0.25) is 4.79 Å². The third-order valence-electron chi connectivity index (χ3n) is 6.11. The smallest absolute Gasteiger partial charge is 0.229 e. The van der Waals surface area contributed by atoms with Gasteiger partial charge >= 0.3 is 0 Å². The Balaban J connectivity index is 1.39. The van der Waals surface area contributed by atoms with Gasteiger partial charge in [-0.1, -0.05) is 0 Å². The molecule has 1 aromatic carbocycles. The number of piperidine rings is 1. The number of halogens is 1. The number of nitrogens with zero attached hydrogens (tertiary/aromatic N) is 5. The molecule has 2 aromatic rings. The van der Waals surface area contributed by atoms with Crippen LogP contribution in [0.1, 0.15) is 19.8 Å². The third-order valence-corrected chi connectivity index (χ3v) is 6.11. The summed E-state index contributed by atoms with van der Waals surface area (Å²) in [5.41, 5.74) is 1.92. The first-order chi connectivity index (χ1) is 15.0. The summed E-state index contributed by atoms with van der Waals surface area (Å²) < 4.78 is 14.3. The van der Waals surface area contributed by atoms with E-state index in [4.69, 9.17) is 0 Å². The van der Waals surface area contributed by atoms with E-state index in [0.717, 1.165) is 50.4 Å². The number of rotatable bonds is 5. The molecule has 2 aliphatic rings. The number of benzene rings is 1. The van der Waals surface area contributed by atoms with Crippen LogP contribution < -0.4 is 15.1 Å².